The Bertz CT molecular complexity index is 908. The molecule has 0 amide bonds. The van der Waals surface area contributed by atoms with Crippen molar-refractivity contribution >= 4 is 10.9 Å². The zero-order valence-corrected chi connectivity index (χ0v) is 14.8. The lowest BCUT2D eigenvalue weighted by Crippen LogP contribution is -2.60. The van der Waals surface area contributed by atoms with Gasteiger partial charge in [0.25, 0.3) is 5.56 Å². The maximum Gasteiger partial charge on any atom is 0.261 e. The van der Waals surface area contributed by atoms with E-state index >= 15 is 0 Å². The Balaban J connectivity index is 1.75. The number of hydrogen-bond donors (Lipinski definition) is 1. The van der Waals surface area contributed by atoms with E-state index in [1.54, 1.807) is 0 Å². The fourth-order valence-electron chi connectivity index (χ4n) is 4.85. The lowest BCUT2D eigenvalue weighted by Gasteiger charge is -2.51. The van der Waals surface area contributed by atoms with E-state index in [9.17, 15) is 18.7 Å². The number of piperidine rings is 1. The Morgan fingerprint density at radius 3 is 2.62 bits per heavy atom. The lowest BCUT2D eigenvalue weighted by molar-refractivity contribution is -0.139. The first-order chi connectivity index (χ1) is 12.3. The van der Waals surface area contributed by atoms with Crippen molar-refractivity contribution in [2.24, 2.45) is 5.41 Å². The van der Waals surface area contributed by atoms with Crippen LogP contribution in [-0.2, 0) is 6.54 Å². The highest BCUT2D eigenvalue weighted by molar-refractivity contribution is 5.77. The zero-order chi connectivity index (χ0) is 18.5. The molecule has 1 N–H and O–H groups in total. The normalized spacial score (nSPS) is 26.0. The van der Waals surface area contributed by atoms with Crippen molar-refractivity contribution in [3.8, 4) is 0 Å². The molecule has 0 radical (unpaired) electrons. The molecule has 1 aliphatic carbocycles. The molecular weight excluding hydrogens is 340 g/mol. The van der Waals surface area contributed by atoms with E-state index in [0.29, 0.717) is 6.42 Å². The van der Waals surface area contributed by atoms with Crippen molar-refractivity contribution in [2.45, 2.75) is 44.2 Å². The molecule has 2 aliphatic rings. The number of benzene rings is 1. The average molecular weight is 363 g/mol. The van der Waals surface area contributed by atoms with Crippen LogP contribution in [0.25, 0.3) is 10.9 Å². The number of fused-ring (bicyclic) bond motifs is 1. The van der Waals surface area contributed by atoms with Gasteiger partial charge in [0, 0.05) is 24.6 Å². The summed E-state index contributed by atoms with van der Waals surface area (Å²) in [5.74, 6) is -2.10. The van der Waals surface area contributed by atoms with E-state index in [-0.39, 0.29) is 22.9 Å². The fourth-order valence-corrected chi connectivity index (χ4v) is 4.85. The van der Waals surface area contributed by atoms with Crippen LogP contribution in [0.5, 0.6) is 0 Å². The Morgan fingerprint density at radius 1 is 1.19 bits per heavy atom. The van der Waals surface area contributed by atoms with Crippen LogP contribution in [0.2, 0.25) is 0 Å². The minimum absolute atomic E-state index is 0.0309. The fraction of sp³-hybridized carbons (Fsp3) is 0.579. The molecule has 2 heterocycles. The molecule has 1 atom stereocenters. The summed E-state index contributed by atoms with van der Waals surface area (Å²) < 4.78 is 28.3. The van der Waals surface area contributed by atoms with E-state index in [1.807, 2.05) is 0 Å². The second-order valence-electron chi connectivity index (χ2n) is 7.97. The van der Waals surface area contributed by atoms with Gasteiger partial charge >= 0.3 is 0 Å². The molecule has 5 nitrogen and oxygen atoms in total. The number of aliphatic hydroxyl groups is 1. The number of nitrogens with zero attached hydrogens (tertiary/aromatic N) is 3. The van der Waals surface area contributed by atoms with Crippen LogP contribution in [-0.4, -0.2) is 45.3 Å². The van der Waals surface area contributed by atoms with Crippen LogP contribution >= 0.6 is 0 Å². The van der Waals surface area contributed by atoms with Gasteiger partial charge in [-0.15, -0.1) is 0 Å². The Hall–Kier alpha value is -1.86. The van der Waals surface area contributed by atoms with Crippen LogP contribution in [0.15, 0.2) is 23.3 Å². The number of likely N-dealkylation sites (tertiary alicyclic amines) is 1. The third kappa shape index (κ3) is 2.65. The number of halogens is 2. The molecule has 2 aromatic rings. The Morgan fingerprint density at radius 2 is 1.88 bits per heavy atom. The maximum atomic E-state index is 13.6. The second kappa shape index (κ2) is 6.09. The second-order valence-corrected chi connectivity index (χ2v) is 7.97. The largest absolute Gasteiger partial charge is 0.387 e. The summed E-state index contributed by atoms with van der Waals surface area (Å²) in [6.45, 7) is 1.69. The molecule has 140 valence electrons. The van der Waals surface area contributed by atoms with E-state index in [1.165, 1.54) is 10.9 Å². The van der Waals surface area contributed by atoms with E-state index < -0.39 is 22.8 Å². The van der Waals surface area contributed by atoms with Gasteiger partial charge in [0.05, 0.1) is 29.4 Å². The molecule has 1 saturated heterocycles. The summed E-state index contributed by atoms with van der Waals surface area (Å²) in [4.78, 5) is 19.1. The molecular formula is C19H23F2N3O2. The van der Waals surface area contributed by atoms with Crippen molar-refractivity contribution in [1.82, 2.24) is 14.5 Å². The maximum absolute atomic E-state index is 13.6. The van der Waals surface area contributed by atoms with Crippen molar-refractivity contribution in [1.29, 1.82) is 0 Å². The summed E-state index contributed by atoms with van der Waals surface area (Å²) in [5.41, 5.74) is -1.57. The smallest absolute Gasteiger partial charge is 0.261 e. The van der Waals surface area contributed by atoms with Gasteiger partial charge in [-0.1, -0.05) is 12.8 Å². The Labute approximate surface area is 150 Å². The summed E-state index contributed by atoms with van der Waals surface area (Å²) in [6, 6.07) is 1.82. The van der Waals surface area contributed by atoms with Gasteiger partial charge in [-0.05, 0) is 32.4 Å². The third-order valence-corrected chi connectivity index (χ3v) is 6.33. The predicted octanol–water partition coefficient (Wildman–Crippen LogP) is 2.30. The average Bonchev–Trinajstić information content (AvgIpc) is 3.06. The van der Waals surface area contributed by atoms with Crippen LogP contribution < -0.4 is 5.56 Å². The molecule has 1 aromatic carbocycles. The standard InChI is InChI=1S/C19H23F2N3O2/c1-23-7-6-19(26,18(10-23)4-2-3-5-18)11-24-12-22-16-9-15(21)14(20)8-13(16)17(24)25/h8-9,12,26H,2-7,10-11H2,1H3. The highest BCUT2D eigenvalue weighted by Gasteiger charge is 2.54. The molecule has 26 heavy (non-hydrogen) atoms. The summed E-state index contributed by atoms with van der Waals surface area (Å²) in [5, 5.41) is 11.6. The molecule has 1 aromatic heterocycles. The van der Waals surface area contributed by atoms with Crippen molar-refractivity contribution in [2.75, 3.05) is 20.1 Å². The van der Waals surface area contributed by atoms with Crippen LogP contribution in [0.4, 0.5) is 8.78 Å². The van der Waals surface area contributed by atoms with Gasteiger partial charge in [0.2, 0.25) is 0 Å². The monoisotopic (exact) mass is 363 g/mol. The Kier molecular flexibility index (Phi) is 4.11. The number of aromatic nitrogens is 2. The lowest BCUT2D eigenvalue weighted by atomic mass is 9.66. The predicted molar refractivity (Wildman–Crippen MR) is 93.9 cm³/mol. The third-order valence-electron chi connectivity index (χ3n) is 6.33. The quantitative estimate of drug-likeness (QED) is 0.890. The van der Waals surface area contributed by atoms with Gasteiger partial charge in [0.15, 0.2) is 11.6 Å². The van der Waals surface area contributed by atoms with Crippen molar-refractivity contribution in [3.63, 3.8) is 0 Å². The molecule has 1 unspecified atom stereocenters. The number of rotatable bonds is 2. The highest BCUT2D eigenvalue weighted by atomic mass is 19.2. The van der Waals surface area contributed by atoms with Crippen molar-refractivity contribution < 1.29 is 13.9 Å². The molecule has 4 rings (SSSR count). The topological polar surface area (TPSA) is 58.4 Å². The number of hydrogen-bond acceptors (Lipinski definition) is 4. The molecule has 1 saturated carbocycles. The minimum Gasteiger partial charge on any atom is -0.387 e. The first-order valence-electron chi connectivity index (χ1n) is 9.09. The minimum atomic E-state index is -1.07. The van der Waals surface area contributed by atoms with E-state index in [4.69, 9.17) is 0 Å². The van der Waals surface area contributed by atoms with E-state index in [0.717, 1.165) is 50.9 Å². The first-order valence-corrected chi connectivity index (χ1v) is 9.09. The van der Waals surface area contributed by atoms with Crippen LogP contribution in [0, 0.1) is 17.0 Å². The van der Waals surface area contributed by atoms with E-state index in [2.05, 4.69) is 16.9 Å². The summed E-state index contributed by atoms with van der Waals surface area (Å²) in [7, 11) is 2.06. The molecule has 0 bridgehead atoms. The van der Waals surface area contributed by atoms with Gasteiger partial charge in [-0.2, -0.15) is 0 Å². The van der Waals surface area contributed by atoms with Gasteiger partial charge in [-0.3, -0.25) is 9.36 Å². The highest BCUT2D eigenvalue weighted by Crippen LogP contribution is 2.51. The molecule has 7 heteroatoms. The van der Waals surface area contributed by atoms with Gasteiger partial charge in [-0.25, -0.2) is 13.8 Å². The van der Waals surface area contributed by atoms with Gasteiger partial charge < -0.3 is 10.0 Å². The molecule has 2 fully saturated rings. The van der Waals surface area contributed by atoms with Crippen LogP contribution in [0.3, 0.4) is 0 Å². The zero-order valence-electron chi connectivity index (χ0n) is 14.8. The molecule has 1 aliphatic heterocycles. The van der Waals surface area contributed by atoms with Crippen molar-refractivity contribution in [3.05, 3.63) is 40.4 Å². The summed E-state index contributed by atoms with van der Waals surface area (Å²) >= 11 is 0. The van der Waals surface area contributed by atoms with Gasteiger partial charge in [0.1, 0.15) is 0 Å². The molecule has 1 spiro atoms. The SMILES string of the molecule is CN1CCC(O)(Cn2cnc3cc(F)c(F)cc3c2=O)C2(CCCC2)C1. The van der Waals surface area contributed by atoms with Crippen LogP contribution in [0.1, 0.15) is 32.1 Å². The first kappa shape index (κ1) is 17.5. The summed E-state index contributed by atoms with van der Waals surface area (Å²) in [6.07, 6.45) is 5.93.